The van der Waals surface area contributed by atoms with Crippen LogP contribution >= 0.6 is 11.6 Å². The number of anilines is 2. The highest BCUT2D eigenvalue weighted by atomic mass is 35.5. The molecular weight excluding hydrogens is 923 g/mol. The summed E-state index contributed by atoms with van der Waals surface area (Å²) in [6.07, 6.45) is -0.862. The van der Waals surface area contributed by atoms with Crippen LogP contribution in [0, 0.1) is 6.92 Å². The van der Waals surface area contributed by atoms with Crippen molar-refractivity contribution >= 4 is 81.4 Å². The molecule has 0 spiro atoms. The Balaban J connectivity index is 0.000000368. The number of hydrogen-bond acceptors (Lipinski definition) is 14. The second kappa shape index (κ2) is 24.4. The average molecular weight is 985 g/mol. The number of halogens is 1. The minimum Gasteiger partial charge on any atom is -0.465 e. The third kappa shape index (κ3) is 15.7. The maximum Gasteiger partial charge on any atom is 0.495 e. The lowest BCUT2D eigenvalue weighted by atomic mass is 9.76. The monoisotopic (exact) mass is 984 g/mol. The van der Waals surface area contributed by atoms with Crippen molar-refractivity contribution in [2.75, 3.05) is 17.7 Å². The van der Waals surface area contributed by atoms with E-state index < -0.39 is 36.5 Å². The van der Waals surface area contributed by atoms with Gasteiger partial charge in [-0.1, -0.05) is 68.9 Å². The summed E-state index contributed by atoms with van der Waals surface area (Å²) in [6.45, 7) is 20.8. The van der Waals surface area contributed by atoms with Crippen molar-refractivity contribution in [2.24, 2.45) is 0 Å². The number of carbonyl (C=O) groups is 3. The van der Waals surface area contributed by atoms with Crippen molar-refractivity contribution in [2.45, 2.75) is 113 Å². The predicted octanol–water partition coefficient (Wildman–Crippen LogP) is 9.63. The number of amides is 2. The van der Waals surface area contributed by atoms with Gasteiger partial charge in [0.25, 0.3) is 11.1 Å². The van der Waals surface area contributed by atoms with Gasteiger partial charge in [-0.25, -0.2) is 24.6 Å². The third-order valence-corrected chi connectivity index (χ3v) is 10.4. The molecule has 2 amide bonds. The molecule has 0 atom stereocenters. The van der Waals surface area contributed by atoms with Crippen molar-refractivity contribution in [3.63, 3.8) is 0 Å². The maximum absolute atomic E-state index is 12.4. The van der Waals surface area contributed by atoms with Crippen LogP contribution in [0.25, 0.3) is 32.8 Å². The second-order valence-electron chi connectivity index (χ2n) is 18.1. The van der Waals surface area contributed by atoms with Gasteiger partial charge in [0.15, 0.2) is 5.15 Å². The van der Waals surface area contributed by atoms with Gasteiger partial charge < -0.3 is 23.5 Å². The molecule has 1 aliphatic rings. The first-order chi connectivity index (χ1) is 31.7. The van der Waals surface area contributed by atoms with Gasteiger partial charge in [0, 0.05) is 27.7 Å². The highest BCUT2D eigenvalue weighted by molar-refractivity contribution is 6.62. The van der Waals surface area contributed by atoms with Gasteiger partial charge in [-0.2, -0.15) is 19.8 Å². The van der Waals surface area contributed by atoms with Crippen LogP contribution in [0.4, 0.5) is 21.0 Å². The minimum absolute atomic E-state index is 0. The van der Waals surface area contributed by atoms with Crippen LogP contribution in [0.1, 0.15) is 100 Å². The molecule has 1 aliphatic heterocycles. The van der Waals surface area contributed by atoms with E-state index in [1.54, 1.807) is 75.4 Å². The summed E-state index contributed by atoms with van der Waals surface area (Å²) in [5.74, 6) is -0.607. The zero-order chi connectivity index (χ0) is 50.8. The lowest BCUT2D eigenvalue weighted by Gasteiger charge is -2.32. The number of nitrogens with one attached hydrogen (secondary N) is 4. The zero-order valence-electron chi connectivity index (χ0n) is 39.8. The molecule has 7 rings (SSSR count). The van der Waals surface area contributed by atoms with Crippen LogP contribution in [0.2, 0.25) is 5.15 Å². The van der Waals surface area contributed by atoms with Gasteiger partial charge in [0.2, 0.25) is 0 Å². The Hall–Kier alpha value is -7.18. The Morgan fingerprint density at radius 3 is 1.57 bits per heavy atom. The summed E-state index contributed by atoms with van der Waals surface area (Å²) in [6, 6.07) is 24.4. The van der Waals surface area contributed by atoms with Crippen LogP contribution in [0.5, 0.6) is 0 Å². The van der Waals surface area contributed by atoms with E-state index in [0.29, 0.717) is 49.3 Å². The first-order valence-electron chi connectivity index (χ1n) is 21.0. The first-order valence-corrected chi connectivity index (χ1v) is 21.4. The molecule has 1 saturated heterocycles. The van der Waals surface area contributed by atoms with Gasteiger partial charge in [-0.3, -0.25) is 20.2 Å². The number of aromatic amines is 2. The molecule has 0 saturated carbocycles. The topological polar surface area (TPSA) is 247 Å². The van der Waals surface area contributed by atoms with E-state index in [-0.39, 0.29) is 48.9 Å². The quantitative estimate of drug-likeness (QED) is 0.0714. The molecule has 0 unspecified atom stereocenters. The van der Waals surface area contributed by atoms with E-state index in [4.69, 9.17) is 44.7 Å². The Morgan fingerprint density at radius 2 is 1.11 bits per heavy atom. The Labute approximate surface area is 412 Å². The Kier molecular flexibility index (Phi) is 20.5. The van der Waals surface area contributed by atoms with Crippen molar-refractivity contribution in [3.8, 4) is 11.3 Å². The number of nitrogens with zero attached hydrogens (tertiary/aromatic N) is 2. The van der Waals surface area contributed by atoms with E-state index in [1.807, 2.05) is 79.7 Å². The number of ether oxygens (including phenoxy) is 3. The number of benzene rings is 4. The maximum atomic E-state index is 12.4. The normalized spacial score (nSPS) is 13.1. The summed E-state index contributed by atoms with van der Waals surface area (Å²) >= 11 is 5.75. The molecule has 18 nitrogen and oxygen atoms in total. The van der Waals surface area contributed by atoms with E-state index in [1.165, 1.54) is 13.2 Å². The van der Waals surface area contributed by atoms with Crippen molar-refractivity contribution < 1.29 is 47.5 Å². The number of H-pyrrole nitrogens is 2. The van der Waals surface area contributed by atoms with E-state index in [0.717, 1.165) is 11.0 Å². The fourth-order valence-electron chi connectivity index (χ4n) is 6.34. The number of hydrogen-bond donors (Lipinski definition) is 4. The molecule has 0 aliphatic carbocycles. The lowest BCUT2D eigenvalue weighted by Crippen LogP contribution is -2.41. The minimum atomic E-state index is -0.659. The largest absolute Gasteiger partial charge is 0.495 e. The number of aromatic nitrogens is 4. The molecule has 70 heavy (non-hydrogen) atoms. The lowest BCUT2D eigenvalue weighted by molar-refractivity contribution is -0.191. The third-order valence-electron chi connectivity index (χ3n) is 10.1. The average Bonchev–Trinajstić information content (AvgIpc) is 3.47. The van der Waals surface area contributed by atoms with Gasteiger partial charge in [-0.05, 0) is 130 Å². The van der Waals surface area contributed by atoms with Crippen LogP contribution in [0.15, 0.2) is 94.5 Å². The number of methoxy groups -OCH3 is 1. The number of carbonyl (C=O) groups excluding carboxylic acids is 5. The van der Waals surface area contributed by atoms with Crippen molar-refractivity contribution in [1.29, 1.82) is 0 Å². The fraction of sp³-hybridized carbons (Fsp3) is 0.360. The first kappa shape index (κ1) is 58.9. The van der Waals surface area contributed by atoms with Crippen molar-refractivity contribution in [3.05, 3.63) is 122 Å². The second-order valence-corrected chi connectivity index (χ2v) is 18.4. The smallest absolute Gasteiger partial charge is 0.465 e. The molecule has 0 radical (unpaired) electrons. The fourth-order valence-corrected chi connectivity index (χ4v) is 6.55. The van der Waals surface area contributed by atoms with E-state index in [2.05, 4.69) is 31.0 Å². The van der Waals surface area contributed by atoms with Crippen LogP contribution in [-0.2, 0) is 33.1 Å². The summed E-state index contributed by atoms with van der Waals surface area (Å²) in [5.41, 5.74) is 1.58. The zero-order valence-corrected chi connectivity index (χ0v) is 40.6. The van der Waals surface area contributed by atoms with Gasteiger partial charge in [-0.15, -0.1) is 0 Å². The predicted molar refractivity (Wildman–Crippen MR) is 272 cm³/mol. The van der Waals surface area contributed by atoms with Crippen LogP contribution in [0.3, 0.4) is 0 Å². The highest BCUT2D eigenvalue weighted by Gasteiger charge is 2.52. The molecule has 20 heteroatoms. The Bertz CT molecular complexity index is 2940. The molecule has 2 aromatic heterocycles. The van der Waals surface area contributed by atoms with Crippen LogP contribution < -0.4 is 27.2 Å². The summed E-state index contributed by atoms with van der Waals surface area (Å²) in [5, 5.41) is 20.5. The number of rotatable bonds is 5. The van der Waals surface area contributed by atoms with Gasteiger partial charge >= 0.3 is 31.4 Å². The summed E-state index contributed by atoms with van der Waals surface area (Å²) in [4.78, 5) is 75.8. The van der Waals surface area contributed by atoms with Crippen molar-refractivity contribution in [1.82, 2.24) is 20.4 Å². The van der Waals surface area contributed by atoms with E-state index >= 15 is 0 Å². The van der Waals surface area contributed by atoms with Crippen LogP contribution in [-0.4, -0.2) is 81.3 Å². The van der Waals surface area contributed by atoms with E-state index in [9.17, 15) is 24.0 Å². The molecule has 3 heterocycles. The summed E-state index contributed by atoms with van der Waals surface area (Å²) in [7, 11) is 0.851. The molecule has 374 valence electrons. The standard InChI is InChI=1S/C21H21N3O5.C18H28BNO4.C8H5ClN2O.CO2.2CH4/c1-21(2,3)29-20(27)22-12-9-10-14(16(11-12)19(26)28-4)17-13-7-5-6-8-15(13)18(25)24-23-17;1-12-11-13(20-15(21)22-16(2,3)4)9-10-14(12)19-23-17(5,6)18(7,8)24-19;9-7-5-3-1-2-4-6(5)8(12)11-10-7;2-1-3;;/h5-11H,1-4H3,(H,22,27)(H,24,25);9-11H,1-8H3,(H,20,21);1-4H,(H,11,12);;2*1H4. The molecule has 4 N–H and O–H groups in total. The molecule has 1 fully saturated rings. The Morgan fingerprint density at radius 1 is 0.686 bits per heavy atom. The molecule has 4 aromatic carbocycles. The molecule has 6 aromatic rings. The summed E-state index contributed by atoms with van der Waals surface area (Å²) < 4.78 is 27.6. The number of esters is 1. The molecular formula is C50H62BClN6O12. The molecule has 0 bridgehead atoms. The van der Waals surface area contributed by atoms with Gasteiger partial charge in [0.05, 0.1) is 40.3 Å². The van der Waals surface area contributed by atoms with Gasteiger partial charge in [0.1, 0.15) is 11.2 Å². The SMILES string of the molecule is C.C.COC(=O)c1cc(NC(=O)OC(C)(C)C)ccc1-c1n[nH]c(=O)c2ccccc12.Cc1cc(NC(=O)OC(C)(C)C)ccc1B1OC(C)(C)C(C)(C)O1.O=C=O.O=c1[nH]nc(Cl)c2ccccc12. The number of aryl methyl sites for hydroxylation is 1. The number of fused-ring (bicyclic) bond motifs is 2. The highest BCUT2D eigenvalue weighted by Crippen LogP contribution is 2.37.